The van der Waals surface area contributed by atoms with Crippen LogP contribution in [-0.2, 0) is 0 Å². The Balaban J connectivity index is 2.68. The molecule has 1 aromatic carbocycles. The predicted molar refractivity (Wildman–Crippen MR) is 74.7 cm³/mol. The Labute approximate surface area is 119 Å². The lowest BCUT2D eigenvalue weighted by atomic mass is 10.1. The molecule has 1 heterocycles. The van der Waals surface area contributed by atoms with Gasteiger partial charge in [0.05, 0.1) is 5.52 Å². The highest BCUT2D eigenvalue weighted by Gasteiger charge is 2.34. The highest BCUT2D eigenvalue weighted by atomic mass is 19.4. The standard InChI is InChI=1S/C14H15F4N3/c1-8(2)21(7-14(16,17)18)13-10(15)6-11(19)9-4-3-5-20-12(9)13/h3-6,8H,7,19H2,1-2H3. The number of hydrogen-bond acceptors (Lipinski definition) is 3. The average molecular weight is 301 g/mol. The van der Waals surface area contributed by atoms with Crippen molar-refractivity contribution < 1.29 is 17.6 Å². The van der Waals surface area contributed by atoms with Gasteiger partial charge in [0, 0.05) is 23.3 Å². The van der Waals surface area contributed by atoms with Crippen LogP contribution in [0.15, 0.2) is 24.4 Å². The number of pyridine rings is 1. The Kier molecular flexibility index (Phi) is 3.93. The number of hydrogen-bond donors (Lipinski definition) is 1. The van der Waals surface area contributed by atoms with Crippen molar-refractivity contribution >= 4 is 22.3 Å². The molecule has 114 valence electrons. The van der Waals surface area contributed by atoms with E-state index in [1.165, 1.54) is 6.20 Å². The number of aromatic nitrogens is 1. The minimum atomic E-state index is -4.45. The van der Waals surface area contributed by atoms with E-state index in [1.807, 2.05) is 0 Å². The van der Waals surface area contributed by atoms with Crippen molar-refractivity contribution in [3.05, 3.63) is 30.2 Å². The highest BCUT2D eigenvalue weighted by molar-refractivity contribution is 5.99. The van der Waals surface area contributed by atoms with Gasteiger partial charge in [-0.05, 0) is 32.0 Å². The van der Waals surface area contributed by atoms with Crippen LogP contribution in [0.5, 0.6) is 0 Å². The third kappa shape index (κ3) is 3.17. The summed E-state index contributed by atoms with van der Waals surface area (Å²) < 4.78 is 52.5. The van der Waals surface area contributed by atoms with E-state index >= 15 is 0 Å². The van der Waals surface area contributed by atoms with E-state index in [2.05, 4.69) is 4.98 Å². The number of halogens is 4. The second-order valence-electron chi connectivity index (χ2n) is 5.03. The van der Waals surface area contributed by atoms with Crippen LogP contribution in [0.1, 0.15) is 13.8 Å². The average Bonchev–Trinajstić information content (AvgIpc) is 2.36. The summed E-state index contributed by atoms with van der Waals surface area (Å²) in [5.74, 6) is -0.809. The number of fused-ring (bicyclic) bond motifs is 1. The van der Waals surface area contributed by atoms with Crippen molar-refractivity contribution in [2.75, 3.05) is 17.2 Å². The number of nitrogens with zero attached hydrogens (tertiary/aromatic N) is 2. The zero-order chi connectivity index (χ0) is 15.8. The molecule has 21 heavy (non-hydrogen) atoms. The first-order valence-corrected chi connectivity index (χ1v) is 6.37. The molecule has 2 rings (SSSR count). The second kappa shape index (κ2) is 5.38. The molecule has 7 heteroatoms. The van der Waals surface area contributed by atoms with E-state index in [1.54, 1.807) is 26.0 Å². The van der Waals surface area contributed by atoms with E-state index in [0.29, 0.717) is 5.39 Å². The van der Waals surface area contributed by atoms with Crippen LogP contribution in [0.2, 0.25) is 0 Å². The Bertz CT molecular complexity index is 652. The number of rotatable bonds is 3. The third-order valence-electron chi connectivity index (χ3n) is 3.11. The maximum Gasteiger partial charge on any atom is 0.405 e. The van der Waals surface area contributed by atoms with E-state index in [-0.39, 0.29) is 16.9 Å². The summed E-state index contributed by atoms with van der Waals surface area (Å²) >= 11 is 0. The smallest absolute Gasteiger partial charge is 0.398 e. The van der Waals surface area contributed by atoms with Crippen molar-refractivity contribution in [1.82, 2.24) is 4.98 Å². The summed E-state index contributed by atoms with van der Waals surface area (Å²) in [4.78, 5) is 4.96. The van der Waals surface area contributed by atoms with Crippen LogP contribution in [0.25, 0.3) is 10.9 Å². The molecule has 2 aromatic rings. The summed E-state index contributed by atoms with van der Waals surface area (Å²) in [6, 6.07) is 3.69. The fourth-order valence-electron chi connectivity index (χ4n) is 2.21. The largest absolute Gasteiger partial charge is 0.405 e. The second-order valence-corrected chi connectivity index (χ2v) is 5.03. The zero-order valence-electron chi connectivity index (χ0n) is 11.6. The fourth-order valence-corrected chi connectivity index (χ4v) is 2.21. The van der Waals surface area contributed by atoms with Gasteiger partial charge < -0.3 is 10.6 Å². The maximum atomic E-state index is 14.2. The monoisotopic (exact) mass is 301 g/mol. The van der Waals surface area contributed by atoms with Crippen molar-refractivity contribution in [3.8, 4) is 0 Å². The molecule has 0 bridgehead atoms. The summed E-state index contributed by atoms with van der Waals surface area (Å²) in [6.07, 6.45) is -3.05. The Morgan fingerprint density at radius 1 is 1.33 bits per heavy atom. The van der Waals surface area contributed by atoms with Gasteiger partial charge in [0.25, 0.3) is 0 Å². The van der Waals surface area contributed by atoms with E-state index < -0.39 is 24.6 Å². The lowest BCUT2D eigenvalue weighted by molar-refractivity contribution is -0.120. The van der Waals surface area contributed by atoms with Crippen LogP contribution in [0, 0.1) is 5.82 Å². The molecule has 0 unspecified atom stereocenters. The summed E-state index contributed by atoms with van der Waals surface area (Å²) in [6.45, 7) is 1.88. The lowest BCUT2D eigenvalue weighted by Gasteiger charge is -2.31. The van der Waals surface area contributed by atoms with E-state index in [0.717, 1.165) is 11.0 Å². The van der Waals surface area contributed by atoms with Crippen molar-refractivity contribution in [2.45, 2.75) is 26.1 Å². The van der Waals surface area contributed by atoms with Gasteiger partial charge in [0.15, 0.2) is 5.82 Å². The topological polar surface area (TPSA) is 42.1 Å². The van der Waals surface area contributed by atoms with Gasteiger partial charge in [-0.3, -0.25) is 4.98 Å². The number of nitrogen functional groups attached to an aromatic ring is 1. The molecule has 0 amide bonds. The van der Waals surface area contributed by atoms with Crippen LogP contribution in [0.3, 0.4) is 0 Å². The summed E-state index contributed by atoms with van der Waals surface area (Å²) in [5, 5.41) is 0.432. The van der Waals surface area contributed by atoms with Gasteiger partial charge in [0.2, 0.25) is 0 Å². The van der Waals surface area contributed by atoms with Crippen LogP contribution >= 0.6 is 0 Å². The Morgan fingerprint density at radius 2 is 2.00 bits per heavy atom. The molecule has 0 atom stereocenters. The Hall–Kier alpha value is -2.05. The van der Waals surface area contributed by atoms with Gasteiger partial charge in [-0.15, -0.1) is 0 Å². The fraction of sp³-hybridized carbons (Fsp3) is 0.357. The van der Waals surface area contributed by atoms with Crippen LogP contribution in [0.4, 0.5) is 28.9 Å². The molecule has 0 aliphatic heterocycles. The SMILES string of the molecule is CC(C)N(CC(F)(F)F)c1c(F)cc(N)c2cccnc12. The van der Waals surface area contributed by atoms with Gasteiger partial charge in [0.1, 0.15) is 12.2 Å². The maximum absolute atomic E-state index is 14.2. The van der Waals surface area contributed by atoms with Crippen molar-refractivity contribution in [1.29, 1.82) is 0 Å². The summed E-state index contributed by atoms with van der Waals surface area (Å²) in [5.41, 5.74) is 5.82. The minimum absolute atomic E-state index is 0.132. The normalized spacial score (nSPS) is 12.1. The molecular formula is C14H15F4N3. The number of nitrogens with two attached hydrogens (primary N) is 1. The number of benzene rings is 1. The van der Waals surface area contributed by atoms with Crippen LogP contribution < -0.4 is 10.6 Å². The first kappa shape index (κ1) is 15.3. The Morgan fingerprint density at radius 3 is 2.57 bits per heavy atom. The van der Waals surface area contributed by atoms with Gasteiger partial charge >= 0.3 is 6.18 Å². The van der Waals surface area contributed by atoms with Crippen LogP contribution in [-0.4, -0.2) is 23.7 Å². The first-order chi connectivity index (χ1) is 9.70. The number of alkyl halides is 3. The van der Waals surface area contributed by atoms with E-state index in [4.69, 9.17) is 5.73 Å². The molecule has 0 aliphatic rings. The predicted octanol–water partition coefficient (Wildman–Crippen LogP) is 3.73. The minimum Gasteiger partial charge on any atom is -0.398 e. The molecule has 0 saturated heterocycles. The van der Waals surface area contributed by atoms with Gasteiger partial charge in [-0.1, -0.05) is 0 Å². The molecule has 1 aromatic heterocycles. The molecule has 0 saturated carbocycles. The third-order valence-corrected chi connectivity index (χ3v) is 3.11. The number of anilines is 2. The summed E-state index contributed by atoms with van der Waals surface area (Å²) in [7, 11) is 0. The van der Waals surface area contributed by atoms with Crippen molar-refractivity contribution in [2.24, 2.45) is 0 Å². The molecule has 0 spiro atoms. The quantitative estimate of drug-likeness (QED) is 0.694. The van der Waals surface area contributed by atoms with Gasteiger partial charge in [-0.2, -0.15) is 13.2 Å². The lowest BCUT2D eigenvalue weighted by Crippen LogP contribution is -2.40. The molecule has 0 fully saturated rings. The van der Waals surface area contributed by atoms with E-state index in [9.17, 15) is 17.6 Å². The van der Waals surface area contributed by atoms with Crippen molar-refractivity contribution in [3.63, 3.8) is 0 Å². The molecule has 0 radical (unpaired) electrons. The molecule has 0 aliphatic carbocycles. The zero-order valence-corrected chi connectivity index (χ0v) is 11.6. The first-order valence-electron chi connectivity index (χ1n) is 6.37. The van der Waals surface area contributed by atoms with Gasteiger partial charge in [-0.25, -0.2) is 4.39 Å². The molecule has 3 nitrogen and oxygen atoms in total. The molecule has 2 N–H and O–H groups in total. The molecular weight excluding hydrogens is 286 g/mol. The highest BCUT2D eigenvalue weighted by Crippen LogP contribution is 2.35.